The predicted octanol–water partition coefficient (Wildman–Crippen LogP) is 2.72. The standard InChI is InChI=1S/C11H12F4O3/c1-10(2)5(8(10)9(17)18)3-6(12)7(16)4-11(13,14)15/h3,5,8H,4H2,1-2H3,(H,17,18). The number of halogens is 4. The van der Waals surface area contributed by atoms with Crippen molar-refractivity contribution in [2.24, 2.45) is 17.3 Å². The third kappa shape index (κ3) is 3.08. The van der Waals surface area contributed by atoms with Crippen molar-refractivity contribution >= 4 is 11.8 Å². The first kappa shape index (κ1) is 14.7. The van der Waals surface area contributed by atoms with E-state index >= 15 is 0 Å². The summed E-state index contributed by atoms with van der Waals surface area (Å²) in [6, 6.07) is 0. The molecule has 0 spiro atoms. The molecule has 0 heterocycles. The number of carboxylic acid groups (broad SMARTS) is 1. The zero-order valence-electron chi connectivity index (χ0n) is 9.71. The van der Waals surface area contributed by atoms with Crippen molar-refractivity contribution < 1.29 is 32.3 Å². The number of rotatable bonds is 4. The topological polar surface area (TPSA) is 54.4 Å². The highest BCUT2D eigenvalue weighted by molar-refractivity contribution is 5.94. The summed E-state index contributed by atoms with van der Waals surface area (Å²) in [6.45, 7) is 3.10. The van der Waals surface area contributed by atoms with Gasteiger partial charge in [-0.05, 0) is 17.4 Å². The summed E-state index contributed by atoms with van der Waals surface area (Å²) < 4.78 is 48.8. The van der Waals surface area contributed by atoms with Crippen LogP contribution in [0, 0.1) is 17.3 Å². The second-order valence-electron chi connectivity index (χ2n) is 4.89. The lowest BCUT2D eigenvalue weighted by atomic mass is 10.1. The molecule has 0 aromatic rings. The van der Waals surface area contributed by atoms with Crippen molar-refractivity contribution in [1.82, 2.24) is 0 Å². The van der Waals surface area contributed by atoms with Gasteiger partial charge < -0.3 is 5.11 Å². The van der Waals surface area contributed by atoms with Gasteiger partial charge in [0.1, 0.15) is 6.42 Å². The molecule has 0 radical (unpaired) electrons. The minimum absolute atomic E-state index is 0.687. The molecule has 1 N–H and O–H groups in total. The van der Waals surface area contributed by atoms with E-state index in [4.69, 9.17) is 5.11 Å². The number of carbonyl (C=O) groups is 2. The number of hydrogen-bond donors (Lipinski definition) is 1. The SMILES string of the molecule is CC1(C)C(C=C(F)C(=O)CC(F)(F)F)C1C(=O)O. The summed E-state index contributed by atoms with van der Waals surface area (Å²) in [5.41, 5.74) is -0.748. The van der Waals surface area contributed by atoms with E-state index in [9.17, 15) is 27.2 Å². The summed E-state index contributed by atoms with van der Waals surface area (Å²) in [6.07, 6.45) is -5.96. The molecule has 1 saturated carbocycles. The van der Waals surface area contributed by atoms with E-state index in [1.807, 2.05) is 0 Å². The van der Waals surface area contributed by atoms with E-state index in [0.29, 0.717) is 6.08 Å². The Kier molecular flexibility index (Phi) is 3.56. The minimum atomic E-state index is -4.77. The highest BCUT2D eigenvalue weighted by Gasteiger charge is 2.61. The van der Waals surface area contributed by atoms with Crippen molar-refractivity contribution in [3.05, 3.63) is 11.9 Å². The molecule has 0 aliphatic heterocycles. The fourth-order valence-electron chi connectivity index (χ4n) is 1.98. The van der Waals surface area contributed by atoms with Crippen molar-refractivity contribution in [3.8, 4) is 0 Å². The van der Waals surface area contributed by atoms with Crippen LogP contribution < -0.4 is 0 Å². The van der Waals surface area contributed by atoms with Gasteiger partial charge in [-0.3, -0.25) is 9.59 Å². The number of carbonyl (C=O) groups excluding carboxylic acids is 1. The first-order valence-corrected chi connectivity index (χ1v) is 5.17. The molecule has 3 nitrogen and oxygen atoms in total. The van der Waals surface area contributed by atoms with E-state index < -0.39 is 47.4 Å². The highest BCUT2D eigenvalue weighted by Crippen LogP contribution is 2.59. The van der Waals surface area contributed by atoms with Crippen molar-refractivity contribution in [2.45, 2.75) is 26.4 Å². The molecule has 0 aromatic carbocycles. The molecule has 0 amide bonds. The summed E-state index contributed by atoms with van der Waals surface area (Å²) in [4.78, 5) is 21.6. The molecule has 0 bridgehead atoms. The summed E-state index contributed by atoms with van der Waals surface area (Å²) >= 11 is 0. The van der Waals surface area contributed by atoms with Crippen LogP contribution >= 0.6 is 0 Å². The molecule has 1 aliphatic carbocycles. The third-order valence-electron chi connectivity index (χ3n) is 3.13. The fraction of sp³-hybridized carbons (Fsp3) is 0.636. The van der Waals surface area contributed by atoms with Crippen LogP contribution in [0.1, 0.15) is 20.3 Å². The maximum absolute atomic E-state index is 13.2. The number of alkyl halides is 3. The number of carboxylic acids is 1. The summed E-state index contributed by atoms with van der Waals surface area (Å²) in [7, 11) is 0. The van der Waals surface area contributed by atoms with Gasteiger partial charge >= 0.3 is 12.1 Å². The van der Waals surface area contributed by atoms with Crippen molar-refractivity contribution in [3.63, 3.8) is 0 Å². The van der Waals surface area contributed by atoms with Crippen LogP contribution in [-0.4, -0.2) is 23.0 Å². The van der Waals surface area contributed by atoms with Gasteiger partial charge in [-0.25, -0.2) is 4.39 Å². The number of hydrogen-bond acceptors (Lipinski definition) is 2. The Morgan fingerprint density at radius 2 is 1.83 bits per heavy atom. The van der Waals surface area contributed by atoms with E-state index in [-0.39, 0.29) is 0 Å². The molecular formula is C11H12F4O3. The molecule has 1 aliphatic rings. The number of allylic oxidation sites excluding steroid dienone is 2. The quantitative estimate of drug-likeness (QED) is 0.630. The Bertz CT molecular complexity index is 409. The van der Waals surface area contributed by atoms with Crippen LogP contribution in [0.15, 0.2) is 11.9 Å². The summed E-state index contributed by atoms with van der Waals surface area (Å²) in [5.74, 6) is -5.98. The number of Topliss-reactive ketones (excluding diaryl/α,β-unsaturated/α-hetero) is 1. The maximum atomic E-state index is 13.2. The van der Waals surface area contributed by atoms with Crippen LogP contribution in [0.25, 0.3) is 0 Å². The van der Waals surface area contributed by atoms with Gasteiger partial charge in [0.25, 0.3) is 0 Å². The maximum Gasteiger partial charge on any atom is 0.396 e. The third-order valence-corrected chi connectivity index (χ3v) is 3.13. The second kappa shape index (κ2) is 4.37. The number of aliphatic carboxylic acids is 1. The smallest absolute Gasteiger partial charge is 0.396 e. The van der Waals surface area contributed by atoms with E-state index in [1.54, 1.807) is 13.8 Å². The van der Waals surface area contributed by atoms with Crippen molar-refractivity contribution in [2.75, 3.05) is 0 Å². The van der Waals surface area contributed by atoms with Gasteiger partial charge in [-0.1, -0.05) is 13.8 Å². The van der Waals surface area contributed by atoms with E-state index in [0.717, 1.165) is 0 Å². The zero-order valence-corrected chi connectivity index (χ0v) is 9.71. The van der Waals surface area contributed by atoms with Gasteiger partial charge in [0.2, 0.25) is 0 Å². The lowest BCUT2D eigenvalue weighted by Crippen LogP contribution is -2.15. The molecule has 18 heavy (non-hydrogen) atoms. The minimum Gasteiger partial charge on any atom is -0.481 e. The normalized spacial score (nSPS) is 26.9. The second-order valence-corrected chi connectivity index (χ2v) is 4.89. The lowest BCUT2D eigenvalue weighted by Gasteiger charge is -2.03. The van der Waals surface area contributed by atoms with E-state index in [1.165, 1.54) is 0 Å². The molecule has 1 fully saturated rings. The first-order chi connectivity index (χ1) is 7.97. The Hall–Kier alpha value is -1.40. The Morgan fingerprint density at radius 1 is 1.33 bits per heavy atom. The molecule has 102 valence electrons. The first-order valence-electron chi connectivity index (χ1n) is 5.17. The van der Waals surface area contributed by atoms with Crippen LogP contribution in [0.3, 0.4) is 0 Å². The largest absolute Gasteiger partial charge is 0.481 e. The monoisotopic (exact) mass is 268 g/mol. The fourth-order valence-corrected chi connectivity index (χ4v) is 1.98. The predicted molar refractivity (Wildman–Crippen MR) is 53.3 cm³/mol. The van der Waals surface area contributed by atoms with Gasteiger partial charge in [0, 0.05) is 0 Å². The average molecular weight is 268 g/mol. The van der Waals surface area contributed by atoms with Crippen molar-refractivity contribution in [1.29, 1.82) is 0 Å². The lowest BCUT2D eigenvalue weighted by molar-refractivity contribution is -0.150. The van der Waals surface area contributed by atoms with Gasteiger partial charge in [0.15, 0.2) is 11.6 Å². The highest BCUT2D eigenvalue weighted by atomic mass is 19.4. The van der Waals surface area contributed by atoms with Crippen LogP contribution in [0.4, 0.5) is 17.6 Å². The Morgan fingerprint density at radius 3 is 2.17 bits per heavy atom. The zero-order chi connectivity index (χ0) is 14.3. The van der Waals surface area contributed by atoms with E-state index in [2.05, 4.69) is 0 Å². The Balaban J connectivity index is 2.74. The molecule has 0 aromatic heterocycles. The van der Waals surface area contributed by atoms with Crippen LogP contribution in [-0.2, 0) is 9.59 Å². The molecule has 2 unspecified atom stereocenters. The van der Waals surface area contributed by atoms with Crippen LogP contribution in [0.2, 0.25) is 0 Å². The van der Waals surface area contributed by atoms with Gasteiger partial charge in [0.05, 0.1) is 5.92 Å². The van der Waals surface area contributed by atoms with Gasteiger partial charge in [-0.2, -0.15) is 13.2 Å². The molecule has 1 rings (SSSR count). The molecule has 2 atom stereocenters. The molecular weight excluding hydrogens is 256 g/mol. The van der Waals surface area contributed by atoms with Crippen LogP contribution in [0.5, 0.6) is 0 Å². The van der Waals surface area contributed by atoms with Gasteiger partial charge in [-0.15, -0.1) is 0 Å². The number of ketones is 1. The molecule has 7 heteroatoms. The summed E-state index contributed by atoms with van der Waals surface area (Å²) in [5, 5.41) is 8.78. The Labute approximate surface area is 100 Å². The molecule has 0 saturated heterocycles. The average Bonchev–Trinajstić information content (AvgIpc) is 2.64.